The summed E-state index contributed by atoms with van der Waals surface area (Å²) in [6.45, 7) is 9.05. The molecule has 0 radical (unpaired) electrons. The molecule has 0 heterocycles. The molecule has 0 N–H and O–H groups in total. The molecule has 0 aromatic heterocycles. The number of methoxy groups -OCH3 is 1. The van der Waals surface area contributed by atoms with E-state index in [1.165, 1.54) is 29.9 Å². The number of carbonyl (C=O) groups is 1. The molecule has 0 fully saturated rings. The molecular formula is C27H32O4S. The van der Waals surface area contributed by atoms with E-state index in [2.05, 4.69) is 39.8 Å². The first-order chi connectivity index (χ1) is 14.8. The summed E-state index contributed by atoms with van der Waals surface area (Å²) in [5.74, 6) is -0.367. The van der Waals surface area contributed by atoms with Crippen molar-refractivity contribution in [2.24, 2.45) is 0 Å². The average Bonchev–Trinajstić information content (AvgIpc) is 2.73. The van der Waals surface area contributed by atoms with Crippen molar-refractivity contribution in [2.45, 2.75) is 51.4 Å². The third-order valence-electron chi connectivity index (χ3n) is 6.34. The summed E-state index contributed by atoms with van der Waals surface area (Å²) < 4.78 is 28.3. The van der Waals surface area contributed by atoms with Crippen LogP contribution in [-0.4, -0.2) is 27.8 Å². The Hall–Kier alpha value is -2.66. The Morgan fingerprint density at radius 2 is 1.38 bits per heavy atom. The van der Waals surface area contributed by atoms with Crippen LogP contribution in [0.5, 0.6) is 0 Å². The monoisotopic (exact) mass is 452 g/mol. The zero-order valence-corrected chi connectivity index (χ0v) is 20.5. The summed E-state index contributed by atoms with van der Waals surface area (Å²) in [7, 11) is -1.88. The highest BCUT2D eigenvalue weighted by atomic mass is 32.2. The summed E-state index contributed by atoms with van der Waals surface area (Å²) in [6, 6.07) is 11.5. The quantitative estimate of drug-likeness (QED) is 0.412. The van der Waals surface area contributed by atoms with Crippen LogP contribution in [-0.2, 0) is 25.4 Å². The number of fused-ring (bicyclic) bond motifs is 1. The lowest BCUT2D eigenvalue weighted by Gasteiger charge is -2.42. The molecule has 2 aromatic carbocycles. The number of hydrogen-bond acceptors (Lipinski definition) is 4. The molecule has 4 nitrogen and oxygen atoms in total. The fourth-order valence-corrected chi connectivity index (χ4v) is 4.56. The molecule has 0 bridgehead atoms. The molecule has 2 aromatic rings. The van der Waals surface area contributed by atoms with Gasteiger partial charge in [-0.2, -0.15) is 0 Å². The molecule has 1 aliphatic carbocycles. The fraction of sp³-hybridized carbons (Fsp3) is 0.370. The van der Waals surface area contributed by atoms with E-state index in [0.29, 0.717) is 5.56 Å². The molecule has 170 valence electrons. The predicted molar refractivity (Wildman–Crippen MR) is 132 cm³/mol. The zero-order chi connectivity index (χ0) is 23.7. The summed E-state index contributed by atoms with van der Waals surface area (Å²) in [6.07, 6.45) is 9.06. The van der Waals surface area contributed by atoms with E-state index >= 15 is 0 Å². The van der Waals surface area contributed by atoms with E-state index < -0.39 is 9.84 Å². The summed E-state index contributed by atoms with van der Waals surface area (Å²) >= 11 is 0. The van der Waals surface area contributed by atoms with Gasteiger partial charge < -0.3 is 4.74 Å². The van der Waals surface area contributed by atoms with Crippen molar-refractivity contribution >= 4 is 34.0 Å². The van der Waals surface area contributed by atoms with Crippen molar-refractivity contribution in [1.82, 2.24) is 0 Å². The van der Waals surface area contributed by atoms with Crippen molar-refractivity contribution in [1.29, 1.82) is 0 Å². The van der Waals surface area contributed by atoms with Gasteiger partial charge in [0.25, 0.3) is 0 Å². The molecule has 1 aliphatic rings. The van der Waals surface area contributed by atoms with Crippen molar-refractivity contribution < 1.29 is 17.9 Å². The van der Waals surface area contributed by atoms with Crippen LogP contribution in [0.15, 0.2) is 41.8 Å². The van der Waals surface area contributed by atoms with Gasteiger partial charge in [0.05, 0.1) is 12.7 Å². The molecule has 0 unspecified atom stereocenters. The van der Waals surface area contributed by atoms with Crippen LogP contribution in [0.25, 0.3) is 18.2 Å². The van der Waals surface area contributed by atoms with Gasteiger partial charge in [-0.15, -0.1) is 0 Å². The van der Waals surface area contributed by atoms with E-state index in [9.17, 15) is 13.2 Å². The molecule has 0 atom stereocenters. The minimum atomic E-state index is -3.24. The maximum Gasteiger partial charge on any atom is 0.337 e. The van der Waals surface area contributed by atoms with Crippen LogP contribution < -0.4 is 0 Å². The van der Waals surface area contributed by atoms with Crippen molar-refractivity contribution in [3.63, 3.8) is 0 Å². The highest BCUT2D eigenvalue weighted by Gasteiger charge is 2.37. The van der Waals surface area contributed by atoms with Gasteiger partial charge in [0, 0.05) is 11.7 Å². The van der Waals surface area contributed by atoms with Crippen LogP contribution in [0.4, 0.5) is 0 Å². The van der Waals surface area contributed by atoms with Crippen LogP contribution >= 0.6 is 0 Å². The van der Waals surface area contributed by atoms with Crippen LogP contribution in [0, 0.1) is 0 Å². The number of ether oxygens (including phenoxy) is 1. The lowest BCUT2D eigenvalue weighted by atomic mass is 9.62. The molecule has 0 aliphatic heterocycles. The van der Waals surface area contributed by atoms with Crippen LogP contribution in [0.1, 0.15) is 78.7 Å². The Morgan fingerprint density at radius 1 is 0.875 bits per heavy atom. The Balaban J connectivity index is 2.10. The van der Waals surface area contributed by atoms with Gasteiger partial charge in [-0.05, 0) is 69.7 Å². The number of benzene rings is 2. The minimum Gasteiger partial charge on any atom is -0.465 e. The second-order valence-corrected chi connectivity index (χ2v) is 11.8. The lowest BCUT2D eigenvalue weighted by molar-refractivity contribution is 0.0600. The summed E-state index contributed by atoms with van der Waals surface area (Å²) in [5.41, 5.74) is 5.95. The van der Waals surface area contributed by atoms with Gasteiger partial charge in [-0.1, -0.05) is 64.1 Å². The number of sulfone groups is 1. The smallest absolute Gasteiger partial charge is 0.337 e. The third-order valence-corrected chi connectivity index (χ3v) is 6.97. The number of carbonyl (C=O) groups excluding carboxylic acids is 1. The van der Waals surface area contributed by atoms with Crippen molar-refractivity contribution in [3.05, 3.63) is 75.2 Å². The lowest BCUT2D eigenvalue weighted by Crippen LogP contribution is -2.34. The fourth-order valence-electron chi connectivity index (χ4n) is 4.17. The third kappa shape index (κ3) is 5.39. The number of esters is 1. The first-order valence-electron chi connectivity index (χ1n) is 10.8. The van der Waals surface area contributed by atoms with E-state index in [0.717, 1.165) is 29.5 Å². The van der Waals surface area contributed by atoms with Gasteiger partial charge in [-0.3, -0.25) is 0 Å². The van der Waals surface area contributed by atoms with E-state index in [1.807, 2.05) is 24.3 Å². The highest BCUT2D eigenvalue weighted by molar-refractivity contribution is 7.93. The zero-order valence-electron chi connectivity index (χ0n) is 19.7. The van der Waals surface area contributed by atoms with Gasteiger partial charge in [0.2, 0.25) is 0 Å². The van der Waals surface area contributed by atoms with Crippen LogP contribution in [0.2, 0.25) is 0 Å². The van der Waals surface area contributed by atoms with Crippen LogP contribution in [0.3, 0.4) is 0 Å². The van der Waals surface area contributed by atoms with E-state index in [1.54, 1.807) is 18.2 Å². The standard InChI is InChI=1S/C27H32O4S/c1-26(2)14-15-27(3,4)24-18-22(13-16-32(6,29)30)21(17-23(24)26)12-9-19-7-10-20(11-8-19)25(28)31-5/h7-13,16-18H,14-15H2,1-6H3/b12-9+,16-13+. The molecule has 5 heteroatoms. The molecule has 3 rings (SSSR count). The Labute approximate surface area is 191 Å². The topological polar surface area (TPSA) is 60.4 Å². The van der Waals surface area contributed by atoms with Gasteiger partial charge in [0.15, 0.2) is 9.84 Å². The summed E-state index contributed by atoms with van der Waals surface area (Å²) in [4.78, 5) is 11.7. The average molecular weight is 453 g/mol. The van der Waals surface area contributed by atoms with Crippen molar-refractivity contribution in [2.75, 3.05) is 13.4 Å². The van der Waals surface area contributed by atoms with E-state index in [-0.39, 0.29) is 16.8 Å². The second kappa shape index (κ2) is 8.70. The van der Waals surface area contributed by atoms with Gasteiger partial charge in [-0.25, -0.2) is 13.2 Å². The second-order valence-electron chi connectivity index (χ2n) is 9.87. The molecule has 0 saturated heterocycles. The van der Waals surface area contributed by atoms with Crippen molar-refractivity contribution in [3.8, 4) is 0 Å². The first-order valence-corrected chi connectivity index (χ1v) is 12.7. The largest absolute Gasteiger partial charge is 0.465 e. The predicted octanol–water partition coefficient (Wildman–Crippen LogP) is 6.01. The summed E-state index contributed by atoms with van der Waals surface area (Å²) in [5, 5.41) is 1.26. The maximum absolute atomic E-state index is 11.8. The SMILES string of the molecule is COC(=O)c1ccc(/C=C/c2cc3c(cc2/C=C/S(C)(=O)=O)C(C)(C)CCC3(C)C)cc1. The van der Waals surface area contributed by atoms with E-state index in [4.69, 9.17) is 4.74 Å². The number of rotatable bonds is 5. The Bertz CT molecular complexity index is 1180. The molecular weight excluding hydrogens is 420 g/mol. The first kappa shape index (κ1) is 24.0. The molecule has 0 spiro atoms. The normalized spacial score (nSPS) is 17.4. The maximum atomic E-state index is 11.8. The Morgan fingerprint density at radius 3 is 1.84 bits per heavy atom. The molecule has 0 amide bonds. The molecule has 0 saturated carbocycles. The minimum absolute atomic E-state index is 0.0322. The molecule has 32 heavy (non-hydrogen) atoms. The Kier molecular flexibility index (Phi) is 6.52. The number of hydrogen-bond donors (Lipinski definition) is 0. The van der Waals surface area contributed by atoms with Gasteiger partial charge in [0.1, 0.15) is 0 Å². The van der Waals surface area contributed by atoms with Gasteiger partial charge >= 0.3 is 5.97 Å². The highest BCUT2D eigenvalue weighted by Crippen LogP contribution is 2.46.